The second-order valence-electron chi connectivity index (χ2n) is 13.2. The number of hydrogen-bond donors (Lipinski definition) is 3. The maximum absolute atomic E-state index is 12.9. The lowest BCUT2D eigenvalue weighted by Crippen LogP contribution is -2.42. The molecule has 0 spiro atoms. The standard InChI is InChI=1S/C37H54N6O3/c1-7-9-27-20-25(3)40-37(45)33(27)24-39-36(44)32-21-29(22-34(26(32)4)43(8-2)31-14-18-46-19-15-31)28-10-11-35(38-23-28)42(6)30-12-16-41(5)17-13-30/h10-11,20-23,30-31,36,39,44H,7-9,12-19,24H2,1-6H3,(H,40,45). The summed E-state index contributed by atoms with van der Waals surface area (Å²) < 4.78 is 5.69. The lowest BCUT2D eigenvalue weighted by atomic mass is 9.95. The molecule has 9 nitrogen and oxygen atoms in total. The minimum Gasteiger partial charge on any atom is -0.381 e. The van der Waals surface area contributed by atoms with Crippen molar-refractivity contribution in [2.24, 2.45) is 0 Å². The van der Waals surface area contributed by atoms with Gasteiger partial charge in [-0.2, -0.15) is 0 Å². The van der Waals surface area contributed by atoms with Crippen molar-refractivity contribution in [1.82, 2.24) is 20.2 Å². The summed E-state index contributed by atoms with van der Waals surface area (Å²) in [5.74, 6) is 0.983. The van der Waals surface area contributed by atoms with E-state index in [0.29, 0.717) is 17.6 Å². The number of aromatic amines is 1. The fourth-order valence-electron chi connectivity index (χ4n) is 7.21. The molecule has 1 atom stereocenters. The first-order valence-electron chi connectivity index (χ1n) is 17.2. The summed E-state index contributed by atoms with van der Waals surface area (Å²) in [7, 11) is 4.34. The molecule has 4 heterocycles. The lowest BCUT2D eigenvalue weighted by Gasteiger charge is -2.37. The van der Waals surface area contributed by atoms with Crippen LogP contribution in [-0.2, 0) is 17.7 Å². The number of anilines is 2. The summed E-state index contributed by atoms with van der Waals surface area (Å²) in [5.41, 5.74) is 7.48. The molecule has 250 valence electrons. The number of H-pyrrole nitrogens is 1. The molecule has 2 aromatic heterocycles. The zero-order valence-electron chi connectivity index (χ0n) is 28.7. The van der Waals surface area contributed by atoms with Gasteiger partial charge in [0.05, 0.1) is 0 Å². The van der Waals surface area contributed by atoms with Crippen LogP contribution >= 0.6 is 0 Å². The molecule has 2 saturated heterocycles. The number of nitrogens with one attached hydrogen (secondary N) is 2. The monoisotopic (exact) mass is 630 g/mol. The summed E-state index contributed by atoms with van der Waals surface area (Å²) in [6.07, 6.45) is 7.01. The molecule has 1 unspecified atom stereocenters. The fourth-order valence-corrected chi connectivity index (χ4v) is 7.21. The van der Waals surface area contributed by atoms with Gasteiger partial charge in [0.15, 0.2) is 0 Å². The van der Waals surface area contributed by atoms with Crippen LogP contribution in [0.5, 0.6) is 0 Å². The molecule has 1 aromatic carbocycles. The van der Waals surface area contributed by atoms with Gasteiger partial charge < -0.3 is 29.5 Å². The first kappa shape index (κ1) is 34.1. The molecule has 0 aliphatic carbocycles. The minimum absolute atomic E-state index is 0.0950. The average Bonchev–Trinajstić information content (AvgIpc) is 3.06. The van der Waals surface area contributed by atoms with Crippen molar-refractivity contribution in [1.29, 1.82) is 0 Å². The first-order chi connectivity index (χ1) is 22.2. The highest BCUT2D eigenvalue weighted by Crippen LogP contribution is 2.36. The molecule has 3 N–H and O–H groups in total. The van der Waals surface area contributed by atoms with Gasteiger partial charge in [-0.3, -0.25) is 10.1 Å². The third-order valence-electron chi connectivity index (χ3n) is 10.0. The van der Waals surface area contributed by atoms with E-state index >= 15 is 0 Å². The number of likely N-dealkylation sites (tertiary alicyclic amines) is 1. The van der Waals surface area contributed by atoms with Crippen molar-refractivity contribution in [3.63, 3.8) is 0 Å². The summed E-state index contributed by atoms with van der Waals surface area (Å²) in [6.45, 7) is 13.2. The third kappa shape index (κ3) is 7.82. The highest BCUT2D eigenvalue weighted by Gasteiger charge is 2.26. The quantitative estimate of drug-likeness (QED) is 0.232. The lowest BCUT2D eigenvalue weighted by molar-refractivity contribution is 0.0846. The molecule has 0 bridgehead atoms. The van der Waals surface area contributed by atoms with Gasteiger partial charge in [0.2, 0.25) is 0 Å². The fraction of sp³-hybridized carbons (Fsp3) is 0.568. The minimum atomic E-state index is -0.954. The Hall–Kier alpha value is -3.24. The van der Waals surface area contributed by atoms with Crippen LogP contribution in [-0.4, -0.2) is 79.0 Å². The van der Waals surface area contributed by atoms with Gasteiger partial charge in [0.1, 0.15) is 12.0 Å². The maximum atomic E-state index is 12.9. The van der Waals surface area contributed by atoms with Crippen LogP contribution in [0.4, 0.5) is 11.5 Å². The van der Waals surface area contributed by atoms with Crippen LogP contribution in [0.3, 0.4) is 0 Å². The Morgan fingerprint density at radius 3 is 2.46 bits per heavy atom. The number of aliphatic hydroxyl groups excluding tert-OH is 1. The highest BCUT2D eigenvalue weighted by molar-refractivity contribution is 5.73. The van der Waals surface area contributed by atoms with E-state index in [-0.39, 0.29) is 12.1 Å². The number of benzene rings is 1. The predicted octanol–water partition coefficient (Wildman–Crippen LogP) is 5.32. The van der Waals surface area contributed by atoms with Gasteiger partial charge in [-0.15, -0.1) is 0 Å². The van der Waals surface area contributed by atoms with Crippen molar-refractivity contribution in [2.75, 3.05) is 56.7 Å². The van der Waals surface area contributed by atoms with E-state index in [1.807, 2.05) is 19.2 Å². The molecule has 3 aromatic rings. The largest absolute Gasteiger partial charge is 0.381 e. The van der Waals surface area contributed by atoms with Crippen molar-refractivity contribution < 1.29 is 9.84 Å². The summed E-state index contributed by atoms with van der Waals surface area (Å²) in [6, 6.07) is 11.5. The van der Waals surface area contributed by atoms with Crippen LogP contribution in [0.1, 0.15) is 80.1 Å². The Balaban J connectivity index is 1.47. The number of aromatic nitrogens is 2. The average molecular weight is 631 g/mol. The summed E-state index contributed by atoms with van der Waals surface area (Å²) in [4.78, 5) is 28.0. The van der Waals surface area contributed by atoms with Gasteiger partial charge in [-0.05, 0) is 120 Å². The Bertz CT molecular complexity index is 1490. The summed E-state index contributed by atoms with van der Waals surface area (Å²) in [5, 5.41) is 15.0. The number of ether oxygens (including phenoxy) is 1. The van der Waals surface area contributed by atoms with E-state index in [9.17, 15) is 9.90 Å². The van der Waals surface area contributed by atoms with Crippen molar-refractivity contribution >= 4 is 11.5 Å². The zero-order valence-corrected chi connectivity index (χ0v) is 28.7. The summed E-state index contributed by atoms with van der Waals surface area (Å²) >= 11 is 0. The number of aryl methyl sites for hydroxylation is 2. The Labute approximate surface area is 275 Å². The number of pyridine rings is 2. The molecule has 46 heavy (non-hydrogen) atoms. The number of nitrogens with zero attached hydrogens (tertiary/aromatic N) is 4. The molecule has 2 aliphatic heterocycles. The van der Waals surface area contributed by atoms with Gasteiger partial charge in [-0.1, -0.05) is 13.3 Å². The number of hydrogen-bond acceptors (Lipinski definition) is 8. The van der Waals surface area contributed by atoms with E-state index in [4.69, 9.17) is 9.72 Å². The predicted molar refractivity (Wildman–Crippen MR) is 188 cm³/mol. The third-order valence-corrected chi connectivity index (χ3v) is 10.0. The van der Waals surface area contributed by atoms with Crippen LogP contribution in [0, 0.1) is 13.8 Å². The molecule has 0 radical (unpaired) electrons. The molecule has 9 heteroatoms. The molecule has 0 saturated carbocycles. The van der Waals surface area contributed by atoms with Crippen LogP contribution in [0.15, 0.2) is 41.3 Å². The molecular weight excluding hydrogens is 576 g/mol. The molecule has 5 rings (SSSR count). The van der Waals surface area contributed by atoms with Crippen LogP contribution < -0.4 is 20.7 Å². The van der Waals surface area contributed by atoms with Crippen LogP contribution in [0.2, 0.25) is 0 Å². The first-order valence-corrected chi connectivity index (χ1v) is 17.2. The zero-order chi connectivity index (χ0) is 32.8. The van der Waals surface area contributed by atoms with Crippen LogP contribution in [0.25, 0.3) is 11.1 Å². The second kappa shape index (κ2) is 15.6. The molecule has 0 amide bonds. The molecule has 2 aliphatic rings. The highest BCUT2D eigenvalue weighted by atomic mass is 16.5. The van der Waals surface area contributed by atoms with E-state index in [1.54, 1.807) is 0 Å². The molecular formula is C37H54N6O3. The maximum Gasteiger partial charge on any atom is 0.252 e. The normalized spacial score (nSPS) is 17.3. The topological polar surface area (TPSA) is 97.0 Å². The van der Waals surface area contributed by atoms with E-state index < -0.39 is 6.23 Å². The Kier molecular flexibility index (Phi) is 11.5. The second-order valence-corrected chi connectivity index (χ2v) is 13.2. The molecule has 2 fully saturated rings. The number of piperidine rings is 1. The van der Waals surface area contributed by atoms with E-state index in [2.05, 4.69) is 84.1 Å². The number of rotatable bonds is 12. The van der Waals surface area contributed by atoms with E-state index in [0.717, 1.165) is 116 Å². The van der Waals surface area contributed by atoms with Gasteiger partial charge in [0, 0.05) is 79.7 Å². The Morgan fingerprint density at radius 2 is 1.80 bits per heavy atom. The Morgan fingerprint density at radius 1 is 1.07 bits per heavy atom. The van der Waals surface area contributed by atoms with Gasteiger partial charge in [0.25, 0.3) is 5.56 Å². The van der Waals surface area contributed by atoms with Crippen molar-refractivity contribution in [3.8, 4) is 11.1 Å². The smallest absolute Gasteiger partial charge is 0.252 e. The SMILES string of the molecule is CCCc1cc(C)[nH]c(=O)c1CNC(O)c1cc(-c2ccc(N(C)C3CCN(C)CC3)nc2)cc(N(CC)C2CCOCC2)c1C. The van der Waals surface area contributed by atoms with Gasteiger partial charge >= 0.3 is 0 Å². The van der Waals surface area contributed by atoms with Crippen molar-refractivity contribution in [3.05, 3.63) is 74.8 Å². The van der Waals surface area contributed by atoms with Crippen molar-refractivity contribution in [2.45, 2.75) is 91.1 Å². The van der Waals surface area contributed by atoms with E-state index in [1.165, 1.54) is 0 Å². The number of aliphatic hydroxyl groups is 1. The van der Waals surface area contributed by atoms with Gasteiger partial charge in [-0.25, -0.2) is 4.98 Å².